The summed E-state index contributed by atoms with van der Waals surface area (Å²) in [6.45, 7) is 14.2. The molecule has 2 saturated carbocycles. The highest BCUT2D eigenvalue weighted by Crippen LogP contribution is 2.76. The minimum absolute atomic E-state index is 0.111. The topological polar surface area (TPSA) is 155 Å². The first-order chi connectivity index (χ1) is 19.5. The maximum absolute atomic E-state index is 13.2. The summed E-state index contributed by atoms with van der Waals surface area (Å²) in [5, 5.41) is 10.6. The van der Waals surface area contributed by atoms with Crippen molar-refractivity contribution in [3.05, 3.63) is 36.0 Å². The minimum atomic E-state index is -1.49. The molecular formula is C31H38O11. The Morgan fingerprint density at radius 1 is 1.10 bits per heavy atom. The molecule has 5 rings (SSSR count). The van der Waals surface area contributed by atoms with Crippen molar-refractivity contribution in [1.29, 1.82) is 0 Å². The van der Waals surface area contributed by atoms with Crippen LogP contribution in [0.4, 0.5) is 0 Å². The second-order valence-electron chi connectivity index (χ2n) is 13.1. The number of aliphatic hydroxyl groups excluding tert-OH is 1. The third kappa shape index (κ3) is 3.96. The number of aliphatic hydroxyl groups is 1. The van der Waals surface area contributed by atoms with Crippen LogP contribution < -0.4 is 0 Å². The Morgan fingerprint density at radius 3 is 2.29 bits per heavy atom. The fraction of sp³-hybridized carbons (Fsp3) is 0.645. The van der Waals surface area contributed by atoms with Crippen LogP contribution in [0.1, 0.15) is 54.4 Å². The summed E-state index contributed by atoms with van der Waals surface area (Å²) in [5.74, 6) is -4.62. The molecule has 3 fully saturated rings. The lowest BCUT2D eigenvalue weighted by Crippen LogP contribution is -2.67. The lowest BCUT2D eigenvalue weighted by molar-refractivity contribution is -0.210. The molecule has 42 heavy (non-hydrogen) atoms. The number of esters is 4. The number of rotatable bonds is 6. The molecule has 0 aromatic rings. The van der Waals surface area contributed by atoms with Crippen molar-refractivity contribution < 1.29 is 52.8 Å². The van der Waals surface area contributed by atoms with Crippen molar-refractivity contribution in [2.75, 3.05) is 7.11 Å². The summed E-state index contributed by atoms with van der Waals surface area (Å²) < 4.78 is 28.5. The Kier molecular flexibility index (Phi) is 6.89. The number of allylic oxidation sites excluding steroid dienone is 2. The van der Waals surface area contributed by atoms with Gasteiger partial charge in [0.15, 0.2) is 5.78 Å². The molecule has 10 atom stereocenters. The van der Waals surface area contributed by atoms with Crippen LogP contribution in [-0.2, 0) is 47.7 Å². The number of hydrogen-bond donors (Lipinski definition) is 1. The molecule has 1 N–H and O–H groups in total. The van der Waals surface area contributed by atoms with Gasteiger partial charge in [0.1, 0.15) is 17.8 Å². The number of methoxy groups -OCH3 is 1. The molecule has 11 heteroatoms. The first-order valence-corrected chi connectivity index (χ1v) is 14.1. The molecule has 0 radical (unpaired) electrons. The van der Waals surface area contributed by atoms with Gasteiger partial charge in [0.2, 0.25) is 6.29 Å². The minimum Gasteiger partial charge on any atom is -0.469 e. The van der Waals surface area contributed by atoms with E-state index >= 15 is 0 Å². The maximum atomic E-state index is 13.2. The van der Waals surface area contributed by atoms with E-state index in [1.54, 1.807) is 19.9 Å². The molecule has 1 spiro atoms. The lowest BCUT2D eigenvalue weighted by atomic mass is 9.46. The molecule has 0 amide bonds. The predicted molar refractivity (Wildman–Crippen MR) is 144 cm³/mol. The van der Waals surface area contributed by atoms with E-state index in [-0.39, 0.29) is 12.2 Å². The van der Waals surface area contributed by atoms with Crippen molar-refractivity contribution >= 4 is 29.7 Å². The highest BCUT2D eigenvalue weighted by Gasteiger charge is 2.84. The Balaban J connectivity index is 1.73. The molecule has 0 aromatic heterocycles. The normalized spacial score (nSPS) is 43.1. The van der Waals surface area contributed by atoms with Crippen LogP contribution in [0, 0.1) is 34.0 Å². The van der Waals surface area contributed by atoms with Gasteiger partial charge in [0, 0.05) is 48.2 Å². The summed E-state index contributed by atoms with van der Waals surface area (Å²) in [7, 11) is 1.28. The largest absolute Gasteiger partial charge is 0.469 e. The van der Waals surface area contributed by atoms with Crippen LogP contribution in [0.2, 0.25) is 0 Å². The van der Waals surface area contributed by atoms with E-state index < -0.39 is 88.1 Å². The molecule has 11 nitrogen and oxygen atoms in total. The summed E-state index contributed by atoms with van der Waals surface area (Å²) in [6.07, 6.45) is 0.538. The van der Waals surface area contributed by atoms with E-state index in [0.29, 0.717) is 17.6 Å². The van der Waals surface area contributed by atoms with E-state index in [4.69, 9.17) is 23.7 Å². The fourth-order valence-electron chi connectivity index (χ4n) is 8.75. The zero-order valence-electron chi connectivity index (χ0n) is 24.9. The van der Waals surface area contributed by atoms with Gasteiger partial charge in [-0.25, -0.2) is 4.79 Å². The monoisotopic (exact) mass is 586 g/mol. The van der Waals surface area contributed by atoms with Gasteiger partial charge in [-0.05, 0) is 24.0 Å². The van der Waals surface area contributed by atoms with Crippen molar-refractivity contribution in [1.82, 2.24) is 0 Å². The smallest absolute Gasteiger partial charge is 0.333 e. The second kappa shape index (κ2) is 9.60. The van der Waals surface area contributed by atoms with Gasteiger partial charge in [-0.1, -0.05) is 40.3 Å². The molecule has 3 aliphatic carbocycles. The summed E-state index contributed by atoms with van der Waals surface area (Å²) >= 11 is 0. The Bertz CT molecular complexity index is 1340. The fourth-order valence-corrected chi connectivity index (χ4v) is 8.75. The zero-order valence-corrected chi connectivity index (χ0v) is 24.9. The van der Waals surface area contributed by atoms with Crippen LogP contribution in [0.5, 0.6) is 0 Å². The van der Waals surface area contributed by atoms with E-state index in [9.17, 15) is 29.1 Å². The molecule has 2 heterocycles. The van der Waals surface area contributed by atoms with Crippen molar-refractivity contribution in [2.24, 2.45) is 34.0 Å². The molecule has 1 unspecified atom stereocenters. The molecule has 2 aliphatic heterocycles. The highest BCUT2D eigenvalue weighted by atomic mass is 16.6. The van der Waals surface area contributed by atoms with Crippen LogP contribution in [0.25, 0.3) is 0 Å². The number of epoxide rings is 1. The Labute approximate surface area is 244 Å². The van der Waals surface area contributed by atoms with E-state index in [2.05, 4.69) is 6.58 Å². The van der Waals surface area contributed by atoms with Crippen LogP contribution in [0.15, 0.2) is 36.0 Å². The van der Waals surface area contributed by atoms with Gasteiger partial charge >= 0.3 is 23.9 Å². The van der Waals surface area contributed by atoms with E-state index in [1.807, 2.05) is 13.8 Å². The average Bonchev–Trinajstić information content (AvgIpc) is 3.44. The molecule has 0 bridgehead atoms. The third-order valence-electron chi connectivity index (χ3n) is 10.7. The Morgan fingerprint density at radius 2 is 1.74 bits per heavy atom. The SMILES string of the molecule is C=C1[C@@H]([C@@]2(C)C=CC(=O)C(C)(C)[C@@H]2CC(=O)OC)[C@@H](OC(C)=O)[C@H](OC(C)=O)[C@@]2(C)[C@H](C3=CC(=O)OC3O)C[C@H]3O[C@]132. The number of carbonyl (C=O) groups excluding carboxylic acids is 5. The van der Waals surface area contributed by atoms with Crippen LogP contribution >= 0.6 is 0 Å². The summed E-state index contributed by atoms with van der Waals surface area (Å²) in [6, 6.07) is 0. The van der Waals surface area contributed by atoms with Crippen molar-refractivity contribution in [2.45, 2.75) is 84.6 Å². The van der Waals surface area contributed by atoms with E-state index in [0.717, 1.165) is 0 Å². The van der Waals surface area contributed by atoms with Gasteiger partial charge in [0.25, 0.3) is 0 Å². The third-order valence-corrected chi connectivity index (χ3v) is 10.7. The van der Waals surface area contributed by atoms with Gasteiger partial charge in [-0.3, -0.25) is 19.2 Å². The molecule has 5 aliphatic rings. The number of ether oxygens (including phenoxy) is 5. The van der Waals surface area contributed by atoms with Gasteiger partial charge in [0.05, 0.1) is 25.0 Å². The number of ketones is 1. The lowest BCUT2D eigenvalue weighted by Gasteiger charge is -2.59. The zero-order chi connectivity index (χ0) is 31.2. The standard InChI is InChI=1S/C31H38O11/c1-14-24(29(6)10-9-20(34)28(4,5)19(29)13-22(35)38-8)25(39-15(2)32)26(40-16(3)33)30(7)18(12-21-31(14,30)42-21)17-11-23(36)41-27(17)37/h9-11,18-19,21,24-27,37H,1,12-13H2,2-8H3/t18-,19-,21+,24+,25+,26-,27?,29-,30+,31+/m0/s1. The van der Waals surface area contributed by atoms with Crippen molar-refractivity contribution in [3.8, 4) is 0 Å². The number of carbonyl (C=O) groups is 5. The Hall–Kier alpha value is -3.31. The van der Waals surface area contributed by atoms with Crippen LogP contribution in [0.3, 0.4) is 0 Å². The quantitative estimate of drug-likeness (QED) is 0.211. The van der Waals surface area contributed by atoms with Gasteiger partial charge in [-0.15, -0.1) is 0 Å². The average molecular weight is 587 g/mol. The summed E-state index contributed by atoms with van der Waals surface area (Å²) in [4.78, 5) is 63.4. The van der Waals surface area contributed by atoms with Gasteiger partial charge < -0.3 is 28.8 Å². The number of cyclic esters (lactones) is 1. The number of hydrogen-bond acceptors (Lipinski definition) is 11. The molecule has 0 aromatic carbocycles. The molecular weight excluding hydrogens is 548 g/mol. The first-order valence-electron chi connectivity index (χ1n) is 14.1. The second-order valence-corrected chi connectivity index (χ2v) is 13.1. The molecule has 228 valence electrons. The summed E-state index contributed by atoms with van der Waals surface area (Å²) in [5.41, 5.74) is -3.41. The van der Waals surface area contributed by atoms with Crippen molar-refractivity contribution in [3.63, 3.8) is 0 Å². The van der Waals surface area contributed by atoms with Crippen LogP contribution in [-0.4, -0.2) is 72.1 Å². The predicted octanol–water partition coefficient (Wildman–Crippen LogP) is 2.35. The highest BCUT2D eigenvalue weighted by molar-refractivity contribution is 5.96. The van der Waals surface area contributed by atoms with Gasteiger partial charge in [-0.2, -0.15) is 0 Å². The maximum Gasteiger partial charge on any atom is 0.333 e. The first kappa shape index (κ1) is 30.2. The molecule has 1 saturated heterocycles. The van der Waals surface area contributed by atoms with E-state index in [1.165, 1.54) is 33.1 Å².